The minimum atomic E-state index is 0.125. The van der Waals surface area contributed by atoms with Crippen LogP contribution in [-0.2, 0) is 0 Å². The summed E-state index contributed by atoms with van der Waals surface area (Å²) in [7, 11) is 0. The molecule has 0 nitrogen and oxygen atoms in total. The fourth-order valence-electron chi connectivity index (χ4n) is 2.31. The first kappa shape index (κ1) is 10.8. The third kappa shape index (κ3) is 1.95. The van der Waals surface area contributed by atoms with E-state index in [1.165, 1.54) is 19.3 Å². The molecule has 78 valence electrons. The van der Waals surface area contributed by atoms with Crippen LogP contribution in [0.25, 0.3) is 0 Å². The van der Waals surface area contributed by atoms with Gasteiger partial charge in [-0.1, -0.05) is 31.4 Å². The summed E-state index contributed by atoms with van der Waals surface area (Å²) in [5.41, 5.74) is 0. The molecule has 14 heavy (non-hydrogen) atoms. The first-order valence-electron chi connectivity index (χ1n) is 5.07. The Morgan fingerprint density at radius 2 is 2.29 bits per heavy atom. The minimum Gasteiger partial charge on any atom is -0.146 e. The third-order valence-corrected chi connectivity index (χ3v) is 5.31. The lowest BCUT2D eigenvalue weighted by molar-refractivity contribution is 0.408. The topological polar surface area (TPSA) is 0 Å². The Morgan fingerprint density at radius 3 is 2.79 bits per heavy atom. The molecule has 0 saturated heterocycles. The van der Waals surface area contributed by atoms with Crippen LogP contribution < -0.4 is 0 Å². The third-order valence-electron chi connectivity index (χ3n) is 3.20. The molecule has 1 fully saturated rings. The van der Waals surface area contributed by atoms with Crippen molar-refractivity contribution in [2.75, 3.05) is 0 Å². The molecular weight excluding hydrogens is 235 g/mol. The highest BCUT2D eigenvalue weighted by molar-refractivity contribution is 7.11. The lowest BCUT2D eigenvalue weighted by atomic mass is 9.93. The molecule has 1 aromatic heterocycles. The zero-order chi connectivity index (χ0) is 10.1. The maximum atomic E-state index is 6.48. The van der Waals surface area contributed by atoms with Crippen molar-refractivity contribution in [1.29, 1.82) is 0 Å². The van der Waals surface area contributed by atoms with Crippen molar-refractivity contribution in [3.63, 3.8) is 0 Å². The van der Waals surface area contributed by atoms with E-state index in [1.54, 1.807) is 11.3 Å². The van der Waals surface area contributed by atoms with E-state index in [0.29, 0.717) is 5.92 Å². The predicted octanol–water partition coefficient (Wildman–Crippen LogP) is 5.12. The van der Waals surface area contributed by atoms with Gasteiger partial charge in [-0.3, -0.25) is 0 Å². The van der Waals surface area contributed by atoms with Crippen LogP contribution in [-0.4, -0.2) is 0 Å². The summed E-state index contributed by atoms with van der Waals surface area (Å²) in [5, 5.41) is 2.99. The van der Waals surface area contributed by atoms with E-state index in [2.05, 4.69) is 6.92 Å². The number of halogens is 2. The maximum absolute atomic E-state index is 6.48. The molecule has 3 unspecified atom stereocenters. The Morgan fingerprint density at radius 1 is 1.50 bits per heavy atom. The SMILES string of the molecule is CC1CCCC1C(Cl)c1sccc1Cl. The first-order chi connectivity index (χ1) is 6.70. The molecule has 0 bridgehead atoms. The summed E-state index contributed by atoms with van der Waals surface area (Å²) >= 11 is 14.2. The fraction of sp³-hybridized carbons (Fsp3) is 0.636. The Balaban J connectivity index is 2.15. The van der Waals surface area contributed by atoms with E-state index in [1.807, 2.05) is 11.4 Å². The molecule has 1 aliphatic rings. The van der Waals surface area contributed by atoms with Gasteiger partial charge in [-0.25, -0.2) is 0 Å². The molecule has 1 heterocycles. The highest BCUT2D eigenvalue weighted by Gasteiger charge is 2.32. The van der Waals surface area contributed by atoms with E-state index < -0.39 is 0 Å². The van der Waals surface area contributed by atoms with E-state index in [-0.39, 0.29) is 5.38 Å². The largest absolute Gasteiger partial charge is 0.146 e. The quantitative estimate of drug-likeness (QED) is 0.638. The molecule has 3 atom stereocenters. The van der Waals surface area contributed by atoms with E-state index >= 15 is 0 Å². The van der Waals surface area contributed by atoms with Crippen molar-refractivity contribution < 1.29 is 0 Å². The van der Waals surface area contributed by atoms with Gasteiger partial charge in [0.15, 0.2) is 0 Å². The molecular formula is C11H14Cl2S. The number of alkyl halides is 1. The number of thiophene rings is 1. The van der Waals surface area contributed by atoms with Crippen LogP contribution in [0.1, 0.15) is 36.4 Å². The van der Waals surface area contributed by atoms with Gasteiger partial charge in [0.05, 0.1) is 10.4 Å². The van der Waals surface area contributed by atoms with Crippen LogP contribution in [0.5, 0.6) is 0 Å². The van der Waals surface area contributed by atoms with Gasteiger partial charge in [0, 0.05) is 4.88 Å². The summed E-state index contributed by atoms with van der Waals surface area (Å²) in [6, 6.07) is 1.94. The Kier molecular flexibility index (Phi) is 3.41. The van der Waals surface area contributed by atoms with Crippen LogP contribution in [0.15, 0.2) is 11.4 Å². The van der Waals surface area contributed by atoms with E-state index in [9.17, 15) is 0 Å². The average molecular weight is 249 g/mol. The van der Waals surface area contributed by atoms with Crippen molar-refractivity contribution in [2.24, 2.45) is 11.8 Å². The zero-order valence-electron chi connectivity index (χ0n) is 8.17. The molecule has 0 amide bonds. The monoisotopic (exact) mass is 248 g/mol. The summed E-state index contributed by atoms with van der Waals surface area (Å²) < 4.78 is 0. The molecule has 0 aliphatic heterocycles. The van der Waals surface area contributed by atoms with Gasteiger partial charge in [0.1, 0.15) is 0 Å². The standard InChI is InChI=1S/C11H14Cl2S/c1-7-3-2-4-8(7)10(13)11-9(12)5-6-14-11/h5-8,10H,2-4H2,1H3. The van der Waals surface area contributed by atoms with Crippen molar-refractivity contribution in [3.05, 3.63) is 21.3 Å². The average Bonchev–Trinajstić information content (AvgIpc) is 2.73. The van der Waals surface area contributed by atoms with E-state index in [0.717, 1.165) is 15.8 Å². The van der Waals surface area contributed by atoms with Crippen molar-refractivity contribution in [2.45, 2.75) is 31.6 Å². The van der Waals surface area contributed by atoms with Gasteiger partial charge in [-0.15, -0.1) is 22.9 Å². The lowest BCUT2D eigenvalue weighted by Gasteiger charge is -2.20. The van der Waals surface area contributed by atoms with Gasteiger partial charge in [-0.2, -0.15) is 0 Å². The second-order valence-corrected chi connectivity index (χ2v) is 5.93. The van der Waals surface area contributed by atoms with E-state index in [4.69, 9.17) is 23.2 Å². The number of rotatable bonds is 2. The highest BCUT2D eigenvalue weighted by Crippen LogP contribution is 2.46. The molecule has 2 rings (SSSR count). The summed E-state index contributed by atoms with van der Waals surface area (Å²) in [6.07, 6.45) is 3.89. The smallest absolute Gasteiger partial charge is 0.0724 e. The summed E-state index contributed by atoms with van der Waals surface area (Å²) in [5.74, 6) is 1.36. The van der Waals surface area contributed by atoms with Crippen LogP contribution in [0.2, 0.25) is 5.02 Å². The van der Waals surface area contributed by atoms with Crippen molar-refractivity contribution >= 4 is 34.5 Å². The Bertz CT molecular complexity index is 308. The van der Waals surface area contributed by atoms with Crippen molar-refractivity contribution in [3.8, 4) is 0 Å². The molecule has 0 radical (unpaired) electrons. The minimum absolute atomic E-state index is 0.125. The van der Waals surface area contributed by atoms with Gasteiger partial charge < -0.3 is 0 Å². The van der Waals surface area contributed by atoms with Gasteiger partial charge in [0.2, 0.25) is 0 Å². The van der Waals surface area contributed by atoms with Crippen LogP contribution in [0.4, 0.5) is 0 Å². The normalized spacial score (nSPS) is 29.4. The second kappa shape index (κ2) is 4.42. The summed E-state index contributed by atoms with van der Waals surface area (Å²) in [4.78, 5) is 1.16. The molecule has 0 spiro atoms. The van der Waals surface area contributed by atoms with Crippen LogP contribution in [0, 0.1) is 11.8 Å². The molecule has 1 saturated carbocycles. The second-order valence-electron chi connectivity index (χ2n) is 4.11. The summed E-state index contributed by atoms with van der Waals surface area (Å²) in [6.45, 7) is 2.30. The zero-order valence-corrected chi connectivity index (χ0v) is 10.5. The van der Waals surface area contributed by atoms with Crippen LogP contribution >= 0.6 is 34.5 Å². The lowest BCUT2D eigenvalue weighted by Crippen LogP contribution is -2.10. The van der Waals surface area contributed by atoms with Crippen molar-refractivity contribution in [1.82, 2.24) is 0 Å². The Labute approximate surface area is 99.2 Å². The van der Waals surface area contributed by atoms with Gasteiger partial charge in [0.25, 0.3) is 0 Å². The molecule has 0 aromatic carbocycles. The Hall–Kier alpha value is 0.280. The molecule has 3 heteroatoms. The maximum Gasteiger partial charge on any atom is 0.0724 e. The highest BCUT2D eigenvalue weighted by atomic mass is 35.5. The number of hydrogen-bond acceptors (Lipinski definition) is 1. The number of hydrogen-bond donors (Lipinski definition) is 0. The van der Waals surface area contributed by atoms with Gasteiger partial charge >= 0.3 is 0 Å². The van der Waals surface area contributed by atoms with Gasteiger partial charge in [-0.05, 0) is 29.7 Å². The van der Waals surface area contributed by atoms with Crippen LogP contribution in [0.3, 0.4) is 0 Å². The molecule has 1 aliphatic carbocycles. The predicted molar refractivity (Wildman–Crippen MR) is 64.4 cm³/mol. The first-order valence-corrected chi connectivity index (χ1v) is 6.76. The fourth-order valence-corrected chi connectivity index (χ4v) is 4.23. The molecule has 1 aromatic rings. The molecule has 0 N–H and O–H groups in total.